The van der Waals surface area contributed by atoms with Crippen molar-refractivity contribution in [3.8, 4) is 0 Å². The lowest BCUT2D eigenvalue weighted by molar-refractivity contribution is 0.362. The van der Waals surface area contributed by atoms with Gasteiger partial charge in [-0.05, 0) is 68.7 Å². The van der Waals surface area contributed by atoms with Gasteiger partial charge in [0.05, 0.1) is 0 Å². The summed E-state index contributed by atoms with van der Waals surface area (Å²) in [5.74, 6) is 0.926. The normalized spacial score (nSPS) is 27.4. The summed E-state index contributed by atoms with van der Waals surface area (Å²) in [4.78, 5) is 2.69. The predicted octanol–water partition coefficient (Wildman–Crippen LogP) is 4.11. The molecule has 2 N–H and O–H groups in total. The molecule has 0 radical (unpaired) electrons. The molecule has 3 unspecified atom stereocenters. The lowest BCUT2D eigenvalue weighted by Crippen LogP contribution is -2.43. The lowest BCUT2D eigenvalue weighted by atomic mass is 9.90. The van der Waals surface area contributed by atoms with E-state index in [1.54, 1.807) is 0 Å². The average Bonchev–Trinajstić information content (AvgIpc) is 2.86. The van der Waals surface area contributed by atoms with Gasteiger partial charge in [-0.3, -0.25) is 0 Å². The molecule has 2 nitrogen and oxygen atoms in total. The van der Waals surface area contributed by atoms with E-state index in [0.29, 0.717) is 0 Å². The molecule has 1 aliphatic carbocycles. The highest BCUT2D eigenvalue weighted by atomic mass is 79.9. The van der Waals surface area contributed by atoms with Crippen molar-refractivity contribution in [2.75, 3.05) is 11.4 Å². The number of halogens is 1. The number of fused-ring (bicyclic) bond motifs is 1. The molecule has 1 aliphatic heterocycles. The van der Waals surface area contributed by atoms with Gasteiger partial charge in [0.1, 0.15) is 0 Å². The van der Waals surface area contributed by atoms with Crippen molar-refractivity contribution in [3.05, 3.63) is 28.2 Å². The fraction of sp³-hybridized carbons (Fsp3) is 0.647. The number of nitrogens with two attached hydrogens (primary N) is 1. The molecule has 3 rings (SSSR count). The van der Waals surface area contributed by atoms with Crippen molar-refractivity contribution in [1.82, 2.24) is 0 Å². The first-order valence-corrected chi connectivity index (χ1v) is 8.75. The van der Waals surface area contributed by atoms with Gasteiger partial charge >= 0.3 is 0 Å². The fourth-order valence-electron chi connectivity index (χ4n) is 4.10. The molecule has 1 saturated carbocycles. The number of hydrogen-bond acceptors (Lipinski definition) is 2. The first-order valence-electron chi connectivity index (χ1n) is 7.96. The summed E-state index contributed by atoms with van der Waals surface area (Å²) in [6.07, 6.45) is 7.95. The van der Waals surface area contributed by atoms with Gasteiger partial charge in [-0.15, -0.1) is 0 Å². The van der Waals surface area contributed by atoms with Crippen LogP contribution >= 0.6 is 15.9 Å². The van der Waals surface area contributed by atoms with Gasteiger partial charge < -0.3 is 10.6 Å². The highest BCUT2D eigenvalue weighted by molar-refractivity contribution is 9.10. The number of nitrogens with zero attached hydrogens (tertiary/aromatic N) is 1. The maximum absolute atomic E-state index is 6.05. The quantitative estimate of drug-likeness (QED) is 0.899. The van der Waals surface area contributed by atoms with Gasteiger partial charge in [-0.25, -0.2) is 0 Å². The third-order valence-electron chi connectivity index (χ3n) is 4.89. The SMILES string of the molecule is CC(N)Cc1cc(Br)ccc1N1CCCC2CCCC21. The number of hydrogen-bond donors (Lipinski definition) is 1. The van der Waals surface area contributed by atoms with Gasteiger partial charge in [0.15, 0.2) is 0 Å². The monoisotopic (exact) mass is 336 g/mol. The van der Waals surface area contributed by atoms with E-state index in [0.717, 1.165) is 22.9 Å². The molecule has 1 saturated heterocycles. The van der Waals surface area contributed by atoms with Crippen molar-refractivity contribution >= 4 is 21.6 Å². The molecule has 0 spiro atoms. The summed E-state index contributed by atoms with van der Waals surface area (Å²) in [6.45, 7) is 3.31. The molecule has 0 bridgehead atoms. The fourth-order valence-corrected chi connectivity index (χ4v) is 4.51. The minimum atomic E-state index is 0.215. The Morgan fingerprint density at radius 2 is 2.10 bits per heavy atom. The van der Waals surface area contributed by atoms with Crippen LogP contribution in [-0.4, -0.2) is 18.6 Å². The zero-order chi connectivity index (χ0) is 14.1. The largest absolute Gasteiger partial charge is 0.368 e. The van der Waals surface area contributed by atoms with Crippen molar-refractivity contribution in [3.63, 3.8) is 0 Å². The van der Waals surface area contributed by atoms with Gasteiger partial charge in [0, 0.05) is 28.8 Å². The maximum atomic E-state index is 6.05. The molecule has 2 aliphatic rings. The average molecular weight is 337 g/mol. The van der Waals surface area contributed by atoms with E-state index in [1.165, 1.54) is 49.9 Å². The molecule has 2 fully saturated rings. The zero-order valence-electron chi connectivity index (χ0n) is 12.3. The van der Waals surface area contributed by atoms with E-state index >= 15 is 0 Å². The molecule has 0 amide bonds. The molecule has 3 atom stereocenters. The third kappa shape index (κ3) is 2.89. The van der Waals surface area contributed by atoms with E-state index in [1.807, 2.05) is 0 Å². The minimum absolute atomic E-state index is 0.215. The predicted molar refractivity (Wildman–Crippen MR) is 89.2 cm³/mol. The van der Waals surface area contributed by atoms with Gasteiger partial charge in [-0.1, -0.05) is 22.4 Å². The Morgan fingerprint density at radius 1 is 1.30 bits per heavy atom. The summed E-state index contributed by atoms with van der Waals surface area (Å²) < 4.78 is 1.16. The van der Waals surface area contributed by atoms with Crippen molar-refractivity contribution in [2.24, 2.45) is 11.7 Å². The molecule has 3 heteroatoms. The summed E-state index contributed by atoms with van der Waals surface area (Å²) >= 11 is 3.61. The maximum Gasteiger partial charge on any atom is 0.0402 e. The Morgan fingerprint density at radius 3 is 2.90 bits per heavy atom. The number of anilines is 1. The molecule has 0 aromatic heterocycles. The smallest absolute Gasteiger partial charge is 0.0402 e. The molecular formula is C17H25BrN2. The van der Waals surface area contributed by atoms with Gasteiger partial charge in [-0.2, -0.15) is 0 Å². The standard InChI is InChI=1S/C17H25BrN2/c1-12(19)10-14-11-15(18)7-8-17(14)20-9-3-5-13-4-2-6-16(13)20/h7-8,11-13,16H,2-6,9-10,19H2,1H3. The highest BCUT2D eigenvalue weighted by Crippen LogP contribution is 2.40. The number of rotatable bonds is 3. The highest BCUT2D eigenvalue weighted by Gasteiger charge is 2.35. The molecule has 20 heavy (non-hydrogen) atoms. The van der Waals surface area contributed by atoms with E-state index in [-0.39, 0.29) is 6.04 Å². The Labute approximate surface area is 130 Å². The summed E-state index contributed by atoms with van der Waals surface area (Å²) in [7, 11) is 0. The first kappa shape index (κ1) is 14.4. The summed E-state index contributed by atoms with van der Waals surface area (Å²) in [5.41, 5.74) is 8.88. The summed E-state index contributed by atoms with van der Waals surface area (Å²) in [5, 5.41) is 0. The molecule has 1 aromatic carbocycles. The van der Waals surface area contributed by atoms with E-state index in [2.05, 4.69) is 46.0 Å². The second-order valence-electron chi connectivity index (χ2n) is 6.55. The van der Waals surface area contributed by atoms with E-state index < -0.39 is 0 Å². The van der Waals surface area contributed by atoms with Crippen molar-refractivity contribution in [1.29, 1.82) is 0 Å². The van der Waals surface area contributed by atoms with Gasteiger partial charge in [0.25, 0.3) is 0 Å². The Hall–Kier alpha value is -0.540. The van der Waals surface area contributed by atoms with Crippen LogP contribution in [0.4, 0.5) is 5.69 Å². The second kappa shape index (κ2) is 6.07. The van der Waals surface area contributed by atoms with Crippen LogP contribution < -0.4 is 10.6 Å². The third-order valence-corrected chi connectivity index (χ3v) is 5.38. The van der Waals surface area contributed by atoms with Crippen LogP contribution in [0.5, 0.6) is 0 Å². The summed E-state index contributed by atoms with van der Waals surface area (Å²) in [6, 6.07) is 7.72. The molecule has 1 aromatic rings. The topological polar surface area (TPSA) is 29.3 Å². The molecule has 1 heterocycles. The number of piperidine rings is 1. The first-order chi connectivity index (χ1) is 9.65. The van der Waals surface area contributed by atoms with Crippen LogP contribution in [0.3, 0.4) is 0 Å². The van der Waals surface area contributed by atoms with Crippen LogP contribution in [0.2, 0.25) is 0 Å². The molecule has 110 valence electrons. The van der Waals surface area contributed by atoms with E-state index in [9.17, 15) is 0 Å². The van der Waals surface area contributed by atoms with Crippen LogP contribution in [0.1, 0.15) is 44.6 Å². The lowest BCUT2D eigenvalue weighted by Gasteiger charge is -2.40. The van der Waals surface area contributed by atoms with Crippen LogP contribution in [0, 0.1) is 5.92 Å². The Kier molecular flexibility index (Phi) is 4.37. The minimum Gasteiger partial charge on any atom is -0.368 e. The van der Waals surface area contributed by atoms with E-state index in [4.69, 9.17) is 5.73 Å². The second-order valence-corrected chi connectivity index (χ2v) is 7.46. The van der Waals surface area contributed by atoms with Crippen LogP contribution in [0.15, 0.2) is 22.7 Å². The molecular weight excluding hydrogens is 312 g/mol. The Balaban J connectivity index is 1.91. The van der Waals surface area contributed by atoms with Crippen LogP contribution in [0.25, 0.3) is 0 Å². The van der Waals surface area contributed by atoms with Crippen LogP contribution in [-0.2, 0) is 6.42 Å². The zero-order valence-corrected chi connectivity index (χ0v) is 13.9. The number of benzene rings is 1. The van der Waals surface area contributed by atoms with Crippen molar-refractivity contribution < 1.29 is 0 Å². The van der Waals surface area contributed by atoms with Gasteiger partial charge in [0.2, 0.25) is 0 Å². The Bertz CT molecular complexity index is 472. The van der Waals surface area contributed by atoms with Crippen molar-refractivity contribution in [2.45, 2.75) is 57.5 Å².